The number of nitrogens with one attached hydrogen (secondary N) is 2. The summed E-state index contributed by atoms with van der Waals surface area (Å²) in [7, 11) is 3.50. The molecule has 0 saturated heterocycles. The van der Waals surface area contributed by atoms with Gasteiger partial charge in [0.25, 0.3) is 0 Å². The highest BCUT2D eigenvalue weighted by Gasteiger charge is 2.23. The maximum absolute atomic E-state index is 5.04. The number of rotatable bonds is 7. The van der Waals surface area contributed by atoms with Gasteiger partial charge < -0.3 is 15.4 Å². The lowest BCUT2D eigenvalue weighted by atomic mass is 9.84. The van der Waals surface area contributed by atoms with Crippen LogP contribution in [0.15, 0.2) is 33.7 Å². The number of ether oxygens (including phenoxy) is 1. The fraction of sp³-hybridized carbons (Fsp3) is 0.562. The molecule has 2 N–H and O–H groups in total. The van der Waals surface area contributed by atoms with Crippen LogP contribution in [0.1, 0.15) is 25.8 Å². The monoisotopic (exact) mass is 483 g/mol. The minimum absolute atomic E-state index is 0. The van der Waals surface area contributed by atoms with Crippen molar-refractivity contribution in [3.05, 3.63) is 34.3 Å². The zero-order valence-electron chi connectivity index (χ0n) is 13.8. The second kappa shape index (κ2) is 11.2. The van der Waals surface area contributed by atoms with E-state index in [1.807, 2.05) is 6.07 Å². The van der Waals surface area contributed by atoms with Crippen molar-refractivity contribution in [2.24, 2.45) is 4.99 Å². The quantitative estimate of drug-likeness (QED) is 0.270. The van der Waals surface area contributed by atoms with Crippen LogP contribution < -0.4 is 10.6 Å². The van der Waals surface area contributed by atoms with Gasteiger partial charge in [-0.1, -0.05) is 48.0 Å². The molecule has 0 saturated carbocycles. The molecule has 0 unspecified atom stereocenters. The van der Waals surface area contributed by atoms with Crippen LogP contribution in [0.5, 0.6) is 0 Å². The molecule has 0 amide bonds. The third-order valence-corrected chi connectivity index (χ3v) is 4.03. The summed E-state index contributed by atoms with van der Waals surface area (Å²) >= 11 is 3.63. The highest BCUT2D eigenvalue weighted by atomic mass is 127. The molecule has 1 aromatic rings. The van der Waals surface area contributed by atoms with Crippen LogP contribution in [-0.4, -0.2) is 39.8 Å². The number of aliphatic imine (C=N–C) groups is 1. The van der Waals surface area contributed by atoms with Gasteiger partial charge in [0.05, 0.1) is 0 Å². The first kappa shape index (κ1) is 21.7. The van der Waals surface area contributed by atoms with E-state index in [2.05, 4.69) is 63.6 Å². The SMILES string of the molecule is CN=C(NCCCOC)NCC(C)(C)c1ccccc1Br.I. The van der Waals surface area contributed by atoms with Crippen LogP contribution in [-0.2, 0) is 10.2 Å². The Morgan fingerprint density at radius 1 is 1.27 bits per heavy atom. The number of nitrogens with zero attached hydrogens (tertiary/aromatic N) is 1. The first-order valence-corrected chi connectivity index (χ1v) is 7.99. The van der Waals surface area contributed by atoms with Gasteiger partial charge in [-0.15, -0.1) is 24.0 Å². The van der Waals surface area contributed by atoms with E-state index in [9.17, 15) is 0 Å². The Hall–Kier alpha value is -0.340. The minimum atomic E-state index is 0. The minimum Gasteiger partial charge on any atom is -0.385 e. The fourth-order valence-corrected chi connectivity index (χ4v) is 2.88. The van der Waals surface area contributed by atoms with Gasteiger partial charge >= 0.3 is 0 Å². The van der Waals surface area contributed by atoms with Gasteiger partial charge in [0, 0.05) is 43.7 Å². The average molecular weight is 484 g/mol. The second-order valence-corrected chi connectivity index (χ2v) is 6.42. The molecule has 22 heavy (non-hydrogen) atoms. The summed E-state index contributed by atoms with van der Waals surface area (Å²) < 4.78 is 6.18. The predicted octanol–water partition coefficient (Wildman–Crippen LogP) is 3.55. The summed E-state index contributed by atoms with van der Waals surface area (Å²) in [5, 5.41) is 6.68. The van der Waals surface area contributed by atoms with E-state index in [0.717, 1.165) is 36.5 Å². The zero-order valence-corrected chi connectivity index (χ0v) is 17.7. The lowest BCUT2D eigenvalue weighted by molar-refractivity contribution is 0.195. The van der Waals surface area contributed by atoms with E-state index in [4.69, 9.17) is 4.74 Å². The molecule has 126 valence electrons. The summed E-state index contributed by atoms with van der Waals surface area (Å²) in [6.45, 7) is 6.85. The van der Waals surface area contributed by atoms with Crippen molar-refractivity contribution in [2.75, 3.05) is 33.9 Å². The topological polar surface area (TPSA) is 45.7 Å². The van der Waals surface area contributed by atoms with Crippen molar-refractivity contribution in [3.63, 3.8) is 0 Å². The molecule has 0 aliphatic rings. The van der Waals surface area contributed by atoms with Gasteiger partial charge in [-0.25, -0.2) is 0 Å². The lowest BCUT2D eigenvalue weighted by Gasteiger charge is -2.27. The van der Waals surface area contributed by atoms with Crippen LogP contribution in [0.25, 0.3) is 0 Å². The number of guanidine groups is 1. The van der Waals surface area contributed by atoms with Crippen LogP contribution >= 0.6 is 39.9 Å². The van der Waals surface area contributed by atoms with E-state index in [-0.39, 0.29) is 29.4 Å². The molecule has 6 heteroatoms. The molecule has 1 rings (SSSR count). The normalized spacial score (nSPS) is 11.8. The van der Waals surface area contributed by atoms with Crippen molar-refractivity contribution in [1.29, 1.82) is 0 Å². The Morgan fingerprint density at radius 3 is 2.55 bits per heavy atom. The predicted molar refractivity (Wildman–Crippen MR) is 108 cm³/mol. The molecule has 0 aromatic heterocycles. The van der Waals surface area contributed by atoms with Crippen LogP contribution in [0.2, 0.25) is 0 Å². The third kappa shape index (κ3) is 7.28. The van der Waals surface area contributed by atoms with Crippen LogP contribution in [0.3, 0.4) is 0 Å². The smallest absolute Gasteiger partial charge is 0.191 e. The summed E-state index contributed by atoms with van der Waals surface area (Å²) in [5.74, 6) is 0.825. The number of hydrogen-bond acceptors (Lipinski definition) is 2. The highest BCUT2D eigenvalue weighted by Crippen LogP contribution is 2.29. The molecule has 1 aromatic carbocycles. The molecule has 0 fully saturated rings. The highest BCUT2D eigenvalue weighted by molar-refractivity contribution is 14.0. The molecule has 0 bridgehead atoms. The zero-order chi connectivity index (χ0) is 15.7. The first-order chi connectivity index (χ1) is 10.0. The molecular formula is C16H27BrIN3O. The van der Waals surface area contributed by atoms with Gasteiger partial charge in [0.1, 0.15) is 0 Å². The lowest BCUT2D eigenvalue weighted by Crippen LogP contribution is -2.43. The van der Waals surface area contributed by atoms with Crippen molar-refractivity contribution < 1.29 is 4.74 Å². The fourth-order valence-electron chi connectivity index (χ4n) is 2.05. The number of hydrogen-bond donors (Lipinski definition) is 2. The molecule has 4 nitrogen and oxygen atoms in total. The van der Waals surface area contributed by atoms with Crippen molar-refractivity contribution in [3.8, 4) is 0 Å². The van der Waals surface area contributed by atoms with Crippen molar-refractivity contribution >= 4 is 45.9 Å². The summed E-state index contributed by atoms with van der Waals surface area (Å²) in [5.41, 5.74) is 1.29. The van der Waals surface area contributed by atoms with E-state index in [0.29, 0.717) is 0 Å². The van der Waals surface area contributed by atoms with Crippen molar-refractivity contribution in [1.82, 2.24) is 10.6 Å². The molecule has 0 heterocycles. The Kier molecular flexibility index (Phi) is 11.1. The van der Waals surface area contributed by atoms with Crippen LogP contribution in [0.4, 0.5) is 0 Å². The van der Waals surface area contributed by atoms with Gasteiger partial charge in [0.2, 0.25) is 0 Å². The first-order valence-electron chi connectivity index (χ1n) is 7.19. The Labute approximate surface area is 159 Å². The number of halogens is 2. The summed E-state index contributed by atoms with van der Waals surface area (Å²) in [6.07, 6.45) is 0.963. The van der Waals surface area contributed by atoms with E-state index in [1.165, 1.54) is 5.56 Å². The van der Waals surface area contributed by atoms with E-state index < -0.39 is 0 Å². The van der Waals surface area contributed by atoms with E-state index in [1.54, 1.807) is 14.2 Å². The molecular weight excluding hydrogens is 457 g/mol. The molecule has 0 aliphatic heterocycles. The average Bonchev–Trinajstić information content (AvgIpc) is 2.47. The maximum atomic E-state index is 5.04. The standard InChI is InChI=1S/C16H26BrN3O.HI/c1-16(2,13-8-5-6-9-14(13)17)12-20-15(18-3)19-10-7-11-21-4;/h5-6,8-9H,7,10-12H2,1-4H3,(H2,18,19,20);1H. The maximum Gasteiger partial charge on any atom is 0.191 e. The molecule has 0 radical (unpaired) electrons. The van der Waals surface area contributed by atoms with Gasteiger partial charge in [-0.3, -0.25) is 4.99 Å². The summed E-state index contributed by atoms with van der Waals surface area (Å²) in [4.78, 5) is 4.25. The van der Waals surface area contributed by atoms with Gasteiger partial charge in [0.15, 0.2) is 5.96 Å². The Balaban J connectivity index is 0.00000441. The van der Waals surface area contributed by atoms with E-state index >= 15 is 0 Å². The molecule has 0 atom stereocenters. The van der Waals surface area contributed by atoms with Gasteiger partial charge in [-0.2, -0.15) is 0 Å². The Bertz CT molecular complexity index is 466. The third-order valence-electron chi connectivity index (χ3n) is 3.34. The van der Waals surface area contributed by atoms with Gasteiger partial charge in [-0.05, 0) is 18.1 Å². The van der Waals surface area contributed by atoms with Crippen molar-refractivity contribution in [2.45, 2.75) is 25.7 Å². The Morgan fingerprint density at radius 2 is 1.95 bits per heavy atom. The largest absolute Gasteiger partial charge is 0.385 e. The van der Waals surface area contributed by atoms with Crippen LogP contribution in [0, 0.1) is 0 Å². The molecule has 0 spiro atoms. The second-order valence-electron chi connectivity index (χ2n) is 5.56. The number of methoxy groups -OCH3 is 1. The summed E-state index contributed by atoms with van der Waals surface area (Å²) in [6, 6.07) is 8.34. The molecule has 0 aliphatic carbocycles. The number of benzene rings is 1.